The molecule has 1 atom stereocenters. The predicted octanol–water partition coefficient (Wildman–Crippen LogP) is 4.65. The number of hydrogen-bond donors (Lipinski definition) is 0. The third-order valence-corrected chi connectivity index (χ3v) is 4.09. The van der Waals surface area contributed by atoms with Crippen LogP contribution in [0.4, 0.5) is 0 Å². The Labute approximate surface area is 101 Å². The minimum atomic E-state index is 0.722. The van der Waals surface area contributed by atoms with Crippen LogP contribution in [0, 0.1) is 0 Å². The summed E-state index contributed by atoms with van der Waals surface area (Å²) in [4.78, 5) is 0. The zero-order valence-corrected chi connectivity index (χ0v) is 9.90. The molecule has 0 saturated heterocycles. The molecule has 82 valence electrons. The second kappa shape index (κ2) is 3.10. The highest BCUT2D eigenvalue weighted by molar-refractivity contribution is 6.11. The molecule has 17 heavy (non-hydrogen) atoms. The van der Waals surface area contributed by atoms with Crippen molar-refractivity contribution in [2.75, 3.05) is 0 Å². The number of benzene rings is 3. The van der Waals surface area contributed by atoms with Crippen LogP contribution in [0.15, 0.2) is 48.5 Å². The Bertz CT molecular complexity index is 737. The molecule has 0 saturated carbocycles. The van der Waals surface area contributed by atoms with Crippen LogP contribution in [0.25, 0.3) is 21.5 Å². The minimum absolute atomic E-state index is 0.722. The van der Waals surface area contributed by atoms with Gasteiger partial charge in [-0.2, -0.15) is 0 Å². The summed E-state index contributed by atoms with van der Waals surface area (Å²) in [6.07, 6.45) is 1.24. The summed E-state index contributed by atoms with van der Waals surface area (Å²) in [6.45, 7) is 2.34. The zero-order chi connectivity index (χ0) is 11.4. The molecule has 0 aromatic heterocycles. The fraction of sp³-hybridized carbons (Fsp3) is 0.176. The van der Waals surface area contributed by atoms with Crippen molar-refractivity contribution in [3.05, 3.63) is 59.7 Å². The van der Waals surface area contributed by atoms with Crippen molar-refractivity contribution in [2.24, 2.45) is 0 Å². The number of fused-ring (bicyclic) bond motifs is 6. The van der Waals surface area contributed by atoms with Gasteiger partial charge in [0.1, 0.15) is 0 Å². The van der Waals surface area contributed by atoms with Gasteiger partial charge in [0.2, 0.25) is 0 Å². The summed E-state index contributed by atoms with van der Waals surface area (Å²) >= 11 is 0. The van der Waals surface area contributed by atoms with E-state index < -0.39 is 0 Å². The van der Waals surface area contributed by atoms with E-state index in [1.807, 2.05) is 0 Å². The molecular weight excluding hydrogens is 204 g/mol. The highest BCUT2D eigenvalue weighted by atomic mass is 14.3. The average molecular weight is 218 g/mol. The Balaban J connectivity index is 2.33. The van der Waals surface area contributed by atoms with Gasteiger partial charge in [-0.15, -0.1) is 0 Å². The molecule has 1 aliphatic rings. The second-order valence-electron chi connectivity index (χ2n) is 5.09. The standard InChI is InChI=1S/C17H14/c1-11-10-16-14-8-3-2-6-12(14)13-7-4-5-9-15(13)17(11)16/h2-9,11H,10H2,1H3. The van der Waals surface area contributed by atoms with Crippen LogP contribution in [-0.4, -0.2) is 0 Å². The van der Waals surface area contributed by atoms with E-state index in [9.17, 15) is 0 Å². The molecular formula is C17H14. The maximum atomic E-state index is 2.34. The van der Waals surface area contributed by atoms with Crippen LogP contribution < -0.4 is 0 Å². The van der Waals surface area contributed by atoms with Crippen LogP contribution >= 0.6 is 0 Å². The lowest BCUT2D eigenvalue weighted by Gasteiger charge is -2.31. The van der Waals surface area contributed by atoms with Gasteiger partial charge in [-0.3, -0.25) is 0 Å². The van der Waals surface area contributed by atoms with Gasteiger partial charge < -0.3 is 0 Å². The molecule has 0 heteroatoms. The van der Waals surface area contributed by atoms with Gasteiger partial charge in [0.05, 0.1) is 0 Å². The van der Waals surface area contributed by atoms with Crippen LogP contribution in [0.2, 0.25) is 0 Å². The lowest BCUT2D eigenvalue weighted by molar-refractivity contribution is 0.683. The van der Waals surface area contributed by atoms with Crippen molar-refractivity contribution in [1.82, 2.24) is 0 Å². The Hall–Kier alpha value is -1.82. The van der Waals surface area contributed by atoms with Gasteiger partial charge in [-0.25, -0.2) is 0 Å². The van der Waals surface area contributed by atoms with Gasteiger partial charge in [-0.05, 0) is 45.0 Å². The highest BCUT2D eigenvalue weighted by Crippen LogP contribution is 2.45. The molecule has 0 heterocycles. The number of hydrogen-bond acceptors (Lipinski definition) is 0. The Kier molecular flexibility index (Phi) is 1.69. The topological polar surface area (TPSA) is 0 Å². The summed E-state index contributed by atoms with van der Waals surface area (Å²) < 4.78 is 0. The van der Waals surface area contributed by atoms with E-state index in [1.165, 1.54) is 28.0 Å². The van der Waals surface area contributed by atoms with Crippen LogP contribution in [0.1, 0.15) is 24.0 Å². The van der Waals surface area contributed by atoms with Gasteiger partial charge in [0, 0.05) is 0 Å². The maximum absolute atomic E-state index is 2.34. The molecule has 0 amide bonds. The maximum Gasteiger partial charge on any atom is -0.0102 e. The first-order valence-electron chi connectivity index (χ1n) is 6.28. The Morgan fingerprint density at radius 2 is 1.29 bits per heavy atom. The fourth-order valence-corrected chi connectivity index (χ4v) is 3.30. The summed E-state index contributed by atoms with van der Waals surface area (Å²) in [5.74, 6) is 0.722. The summed E-state index contributed by atoms with van der Waals surface area (Å²) in [5, 5.41) is 5.74. The first-order chi connectivity index (χ1) is 8.36. The molecule has 4 rings (SSSR count). The molecule has 0 N–H and O–H groups in total. The lowest BCUT2D eigenvalue weighted by Crippen LogP contribution is -2.15. The monoisotopic (exact) mass is 218 g/mol. The van der Waals surface area contributed by atoms with E-state index in [1.54, 1.807) is 11.1 Å². The summed E-state index contributed by atoms with van der Waals surface area (Å²) in [6, 6.07) is 17.6. The van der Waals surface area contributed by atoms with Gasteiger partial charge >= 0.3 is 0 Å². The van der Waals surface area contributed by atoms with Gasteiger partial charge in [0.25, 0.3) is 0 Å². The third kappa shape index (κ3) is 1.08. The SMILES string of the molecule is CC1Cc2c1c1ccccc1c1ccccc21. The predicted molar refractivity (Wildman–Crippen MR) is 73.6 cm³/mol. The van der Waals surface area contributed by atoms with E-state index in [2.05, 4.69) is 55.5 Å². The van der Waals surface area contributed by atoms with Crippen molar-refractivity contribution < 1.29 is 0 Å². The molecule has 3 aromatic carbocycles. The molecule has 0 bridgehead atoms. The minimum Gasteiger partial charge on any atom is -0.0616 e. The average Bonchev–Trinajstić information content (AvgIpc) is 2.36. The van der Waals surface area contributed by atoms with Crippen molar-refractivity contribution >= 4 is 21.5 Å². The van der Waals surface area contributed by atoms with Gasteiger partial charge in [0.15, 0.2) is 0 Å². The highest BCUT2D eigenvalue weighted by Gasteiger charge is 2.26. The normalized spacial score (nSPS) is 18.1. The Morgan fingerprint density at radius 3 is 1.94 bits per heavy atom. The van der Waals surface area contributed by atoms with Crippen LogP contribution in [-0.2, 0) is 6.42 Å². The summed E-state index contributed by atoms with van der Waals surface area (Å²) in [5.41, 5.74) is 3.16. The van der Waals surface area contributed by atoms with E-state index >= 15 is 0 Å². The molecule has 0 nitrogen and oxygen atoms in total. The van der Waals surface area contributed by atoms with Crippen molar-refractivity contribution in [1.29, 1.82) is 0 Å². The molecule has 3 aromatic rings. The second-order valence-corrected chi connectivity index (χ2v) is 5.09. The first-order valence-corrected chi connectivity index (χ1v) is 6.28. The lowest BCUT2D eigenvalue weighted by atomic mass is 9.73. The zero-order valence-electron chi connectivity index (χ0n) is 9.90. The molecule has 0 radical (unpaired) electrons. The van der Waals surface area contributed by atoms with Crippen LogP contribution in [0.3, 0.4) is 0 Å². The first kappa shape index (κ1) is 9.23. The molecule has 1 aliphatic carbocycles. The van der Waals surface area contributed by atoms with Crippen molar-refractivity contribution in [2.45, 2.75) is 19.3 Å². The molecule has 0 spiro atoms. The van der Waals surface area contributed by atoms with Crippen molar-refractivity contribution in [3.8, 4) is 0 Å². The fourth-order valence-electron chi connectivity index (χ4n) is 3.30. The van der Waals surface area contributed by atoms with E-state index in [4.69, 9.17) is 0 Å². The van der Waals surface area contributed by atoms with E-state index in [0.29, 0.717) is 0 Å². The quantitative estimate of drug-likeness (QED) is 0.482. The molecule has 0 aliphatic heterocycles. The summed E-state index contributed by atoms with van der Waals surface area (Å²) in [7, 11) is 0. The molecule has 1 unspecified atom stereocenters. The Morgan fingerprint density at radius 1 is 0.765 bits per heavy atom. The van der Waals surface area contributed by atoms with Gasteiger partial charge in [-0.1, -0.05) is 55.5 Å². The van der Waals surface area contributed by atoms with E-state index in [-0.39, 0.29) is 0 Å². The largest absolute Gasteiger partial charge is 0.0616 e. The number of rotatable bonds is 0. The third-order valence-electron chi connectivity index (χ3n) is 4.09. The van der Waals surface area contributed by atoms with Crippen LogP contribution in [0.5, 0.6) is 0 Å². The van der Waals surface area contributed by atoms with E-state index in [0.717, 1.165) is 5.92 Å². The van der Waals surface area contributed by atoms with Crippen molar-refractivity contribution in [3.63, 3.8) is 0 Å². The smallest absolute Gasteiger partial charge is 0.0102 e. The molecule has 0 fully saturated rings.